The number of rotatable bonds is 1. The molecule has 0 saturated heterocycles. The molecule has 2 heterocycles. The minimum Gasteiger partial charge on any atom is -0.442 e. The minimum absolute atomic E-state index is 0.358. The van der Waals surface area contributed by atoms with Gasteiger partial charge in [0.05, 0.1) is 0 Å². The molecule has 0 radical (unpaired) electrons. The highest BCUT2D eigenvalue weighted by molar-refractivity contribution is 9.11. The van der Waals surface area contributed by atoms with Gasteiger partial charge in [0.2, 0.25) is 0 Å². The Kier molecular flexibility index (Phi) is 2.16. The van der Waals surface area contributed by atoms with Crippen molar-refractivity contribution in [2.75, 3.05) is 0 Å². The van der Waals surface area contributed by atoms with E-state index < -0.39 is 0 Å². The van der Waals surface area contributed by atoms with E-state index in [9.17, 15) is 0 Å². The molecule has 0 fully saturated rings. The first-order valence-corrected chi connectivity index (χ1v) is 4.99. The lowest BCUT2D eigenvalue weighted by atomic mass is 10.5. The van der Waals surface area contributed by atoms with Gasteiger partial charge in [0, 0.05) is 0 Å². The summed E-state index contributed by atoms with van der Waals surface area (Å²) in [5.41, 5.74) is 0. The zero-order valence-corrected chi connectivity index (χ0v) is 8.78. The van der Waals surface area contributed by atoms with E-state index in [-0.39, 0.29) is 0 Å². The fourth-order valence-electron chi connectivity index (χ4n) is 0.734. The Hall–Kier alpha value is -0.390. The van der Waals surface area contributed by atoms with Gasteiger partial charge in [-0.25, -0.2) is 0 Å². The second-order valence-corrected chi connectivity index (χ2v) is 4.59. The number of halogens is 2. The van der Waals surface area contributed by atoms with Gasteiger partial charge in [0.25, 0.3) is 0 Å². The van der Waals surface area contributed by atoms with Crippen LogP contribution in [0.15, 0.2) is 20.5 Å². The third kappa shape index (κ3) is 1.53. The van der Waals surface area contributed by atoms with Gasteiger partial charge in [-0.15, -0.1) is 10.2 Å². The summed E-state index contributed by atoms with van der Waals surface area (Å²) in [6.07, 6.45) is 0. The molecule has 0 aromatic carbocycles. The van der Waals surface area contributed by atoms with Crippen LogP contribution in [0.2, 0.25) is 5.22 Å². The third-order valence-corrected chi connectivity index (χ3v) is 2.76. The molecule has 0 N–H and O–H groups in total. The summed E-state index contributed by atoms with van der Waals surface area (Å²) in [6.45, 7) is 0. The maximum Gasteiger partial charge on any atom is 0.194 e. The quantitative estimate of drug-likeness (QED) is 0.795. The Morgan fingerprint density at radius 2 is 2.25 bits per heavy atom. The van der Waals surface area contributed by atoms with Crippen LogP contribution in [0.4, 0.5) is 0 Å². The molecule has 0 atom stereocenters. The molecule has 0 aliphatic carbocycles. The van der Waals surface area contributed by atoms with Crippen LogP contribution in [0.1, 0.15) is 0 Å². The van der Waals surface area contributed by atoms with E-state index in [0.29, 0.717) is 16.0 Å². The SMILES string of the molecule is Clc1ccc(-c2nnc(Br)s2)o1. The molecule has 6 heteroatoms. The Morgan fingerprint density at radius 1 is 1.42 bits per heavy atom. The van der Waals surface area contributed by atoms with Gasteiger partial charge in [0.1, 0.15) is 0 Å². The van der Waals surface area contributed by atoms with E-state index in [2.05, 4.69) is 26.1 Å². The van der Waals surface area contributed by atoms with Gasteiger partial charge in [-0.05, 0) is 39.7 Å². The predicted octanol–water partition coefficient (Wildman–Crippen LogP) is 3.21. The van der Waals surface area contributed by atoms with E-state index in [0.717, 1.165) is 3.92 Å². The van der Waals surface area contributed by atoms with Gasteiger partial charge >= 0.3 is 0 Å². The van der Waals surface area contributed by atoms with Crippen molar-refractivity contribution in [3.63, 3.8) is 0 Å². The highest BCUT2D eigenvalue weighted by Crippen LogP contribution is 2.28. The van der Waals surface area contributed by atoms with Gasteiger partial charge in [-0.3, -0.25) is 0 Å². The van der Waals surface area contributed by atoms with Crippen molar-refractivity contribution >= 4 is 38.9 Å². The molecule has 62 valence electrons. The highest BCUT2D eigenvalue weighted by Gasteiger charge is 2.08. The fraction of sp³-hybridized carbons (Fsp3) is 0. The van der Waals surface area contributed by atoms with E-state index in [1.165, 1.54) is 11.3 Å². The number of hydrogen-bond acceptors (Lipinski definition) is 4. The molecule has 2 aromatic heterocycles. The van der Waals surface area contributed by atoms with E-state index in [4.69, 9.17) is 16.0 Å². The first kappa shape index (κ1) is 8.22. The van der Waals surface area contributed by atoms with Crippen molar-refractivity contribution in [3.05, 3.63) is 21.3 Å². The van der Waals surface area contributed by atoms with Crippen molar-refractivity contribution in [1.29, 1.82) is 0 Å². The molecule has 0 amide bonds. The summed E-state index contributed by atoms with van der Waals surface area (Å²) in [7, 11) is 0. The molecular weight excluding hydrogens is 264 g/mol. The third-order valence-electron chi connectivity index (χ3n) is 1.18. The van der Waals surface area contributed by atoms with Crippen molar-refractivity contribution in [2.45, 2.75) is 0 Å². The summed E-state index contributed by atoms with van der Waals surface area (Å²) in [5, 5.41) is 8.73. The van der Waals surface area contributed by atoms with Crippen molar-refractivity contribution in [1.82, 2.24) is 10.2 Å². The Labute approximate surface area is 85.5 Å². The van der Waals surface area contributed by atoms with E-state index in [1.807, 2.05) is 0 Å². The van der Waals surface area contributed by atoms with Crippen LogP contribution in [-0.2, 0) is 0 Å². The second-order valence-electron chi connectivity index (χ2n) is 1.96. The lowest BCUT2D eigenvalue weighted by Gasteiger charge is -1.83. The maximum absolute atomic E-state index is 5.60. The standard InChI is InChI=1S/C6H2BrClN2OS/c7-6-10-9-5(12-6)3-1-2-4(8)11-3/h1-2H. The van der Waals surface area contributed by atoms with Gasteiger partial charge in [-0.1, -0.05) is 11.3 Å². The lowest BCUT2D eigenvalue weighted by molar-refractivity contribution is 0.583. The molecule has 0 aliphatic heterocycles. The topological polar surface area (TPSA) is 38.9 Å². The molecule has 3 nitrogen and oxygen atoms in total. The van der Waals surface area contributed by atoms with Crippen LogP contribution in [0.25, 0.3) is 10.8 Å². The molecule has 0 aliphatic rings. The summed E-state index contributed by atoms with van der Waals surface area (Å²) >= 11 is 10.2. The molecule has 0 unspecified atom stereocenters. The molecule has 0 bridgehead atoms. The Morgan fingerprint density at radius 3 is 2.75 bits per heavy atom. The lowest BCUT2D eigenvalue weighted by Crippen LogP contribution is -1.70. The molecule has 0 spiro atoms. The van der Waals surface area contributed by atoms with Crippen LogP contribution in [0.3, 0.4) is 0 Å². The average Bonchev–Trinajstić information content (AvgIpc) is 2.58. The number of nitrogens with zero attached hydrogens (tertiary/aromatic N) is 2. The van der Waals surface area contributed by atoms with Gasteiger partial charge < -0.3 is 4.42 Å². The first-order valence-electron chi connectivity index (χ1n) is 3.00. The number of furan rings is 1. The minimum atomic E-state index is 0.358. The summed E-state index contributed by atoms with van der Waals surface area (Å²) in [5.74, 6) is 0.642. The molecule has 12 heavy (non-hydrogen) atoms. The van der Waals surface area contributed by atoms with Crippen LogP contribution >= 0.6 is 38.9 Å². The predicted molar refractivity (Wildman–Crippen MR) is 50.3 cm³/mol. The van der Waals surface area contributed by atoms with Crippen LogP contribution < -0.4 is 0 Å². The van der Waals surface area contributed by atoms with Crippen LogP contribution in [0, 0.1) is 0 Å². The van der Waals surface area contributed by atoms with E-state index >= 15 is 0 Å². The second kappa shape index (κ2) is 3.16. The zero-order chi connectivity index (χ0) is 8.55. The molecule has 0 saturated carbocycles. The highest BCUT2D eigenvalue weighted by atomic mass is 79.9. The smallest absolute Gasteiger partial charge is 0.194 e. The van der Waals surface area contributed by atoms with Crippen LogP contribution in [0.5, 0.6) is 0 Å². The zero-order valence-electron chi connectivity index (χ0n) is 5.62. The number of aromatic nitrogens is 2. The summed E-state index contributed by atoms with van der Waals surface area (Å²) in [4.78, 5) is 0. The Bertz CT molecular complexity index is 361. The molecular formula is C6H2BrClN2OS. The summed E-state index contributed by atoms with van der Waals surface area (Å²) < 4.78 is 5.86. The molecule has 2 rings (SSSR count). The monoisotopic (exact) mass is 264 g/mol. The Balaban J connectivity index is 2.43. The van der Waals surface area contributed by atoms with Crippen molar-refractivity contribution in [3.8, 4) is 10.8 Å². The summed E-state index contributed by atoms with van der Waals surface area (Å²) in [6, 6.07) is 3.43. The maximum atomic E-state index is 5.60. The molecule has 2 aromatic rings. The van der Waals surface area contributed by atoms with Gasteiger partial charge in [0.15, 0.2) is 19.9 Å². The largest absolute Gasteiger partial charge is 0.442 e. The van der Waals surface area contributed by atoms with Crippen LogP contribution in [-0.4, -0.2) is 10.2 Å². The normalized spacial score (nSPS) is 10.5. The van der Waals surface area contributed by atoms with Crippen molar-refractivity contribution in [2.24, 2.45) is 0 Å². The average molecular weight is 266 g/mol. The van der Waals surface area contributed by atoms with Gasteiger partial charge in [-0.2, -0.15) is 0 Å². The first-order chi connectivity index (χ1) is 5.75. The van der Waals surface area contributed by atoms with E-state index in [1.54, 1.807) is 12.1 Å². The number of hydrogen-bond donors (Lipinski definition) is 0. The fourth-order valence-corrected chi connectivity index (χ4v) is 1.95. The van der Waals surface area contributed by atoms with Crippen molar-refractivity contribution < 1.29 is 4.42 Å².